The number of aromatic amines is 1. The zero-order valence-electron chi connectivity index (χ0n) is 18.5. The summed E-state index contributed by atoms with van der Waals surface area (Å²) >= 11 is 1.42. The molecule has 176 valence electrons. The molecule has 2 aromatic carbocycles. The van der Waals surface area contributed by atoms with Crippen molar-refractivity contribution in [2.75, 3.05) is 29.6 Å². The van der Waals surface area contributed by atoms with Crippen molar-refractivity contribution in [3.63, 3.8) is 0 Å². The number of carbonyl (C=O) groups is 1. The molecule has 0 saturated carbocycles. The molecule has 2 aromatic heterocycles. The molecular formula is C23H24N6O3S2. The van der Waals surface area contributed by atoms with Gasteiger partial charge in [0.1, 0.15) is 10.7 Å². The number of benzene rings is 2. The molecule has 5 rings (SSSR count). The van der Waals surface area contributed by atoms with Crippen LogP contribution in [0.15, 0.2) is 54.0 Å². The summed E-state index contributed by atoms with van der Waals surface area (Å²) in [4.78, 5) is 19.7. The number of carbonyl (C=O) groups excluding carboxylic acids is 1. The van der Waals surface area contributed by atoms with Crippen LogP contribution in [-0.2, 0) is 10.0 Å². The number of aromatic nitrogens is 3. The molecule has 3 heterocycles. The summed E-state index contributed by atoms with van der Waals surface area (Å²) in [5.41, 5.74) is 3.81. The van der Waals surface area contributed by atoms with E-state index in [1.807, 2.05) is 42.5 Å². The van der Waals surface area contributed by atoms with Crippen LogP contribution in [0.1, 0.15) is 23.3 Å². The third kappa shape index (κ3) is 4.96. The quantitative estimate of drug-likeness (QED) is 0.376. The number of para-hydroxylation sites is 2. The van der Waals surface area contributed by atoms with Crippen molar-refractivity contribution in [2.45, 2.75) is 18.9 Å². The van der Waals surface area contributed by atoms with E-state index >= 15 is 0 Å². The van der Waals surface area contributed by atoms with Crippen molar-refractivity contribution in [2.24, 2.45) is 0 Å². The maximum Gasteiger partial charge on any atom is 0.275 e. The van der Waals surface area contributed by atoms with E-state index < -0.39 is 10.0 Å². The molecule has 3 N–H and O–H groups in total. The minimum atomic E-state index is -3.22. The van der Waals surface area contributed by atoms with Gasteiger partial charge in [0, 0.05) is 35.5 Å². The second kappa shape index (κ2) is 9.16. The Bertz CT molecular complexity index is 1440. The van der Waals surface area contributed by atoms with Crippen molar-refractivity contribution in [1.29, 1.82) is 0 Å². The molecule has 11 heteroatoms. The second-order valence-corrected chi connectivity index (χ2v) is 11.0. The number of H-pyrrole nitrogens is 1. The average Bonchev–Trinajstić information content (AvgIpc) is 3.48. The molecule has 0 atom stereocenters. The predicted molar refractivity (Wildman–Crippen MR) is 135 cm³/mol. The fraction of sp³-hybridized carbons (Fsp3) is 0.261. The number of hydrogen-bond acceptors (Lipinski definition) is 7. The molecule has 0 aliphatic carbocycles. The van der Waals surface area contributed by atoms with Gasteiger partial charge in [-0.1, -0.05) is 24.3 Å². The lowest BCUT2D eigenvalue weighted by atomic mass is 10.0. The van der Waals surface area contributed by atoms with Gasteiger partial charge in [-0.05, 0) is 31.0 Å². The Hall–Kier alpha value is -3.28. The van der Waals surface area contributed by atoms with E-state index in [2.05, 4.69) is 30.1 Å². The van der Waals surface area contributed by atoms with E-state index in [1.165, 1.54) is 17.6 Å². The zero-order valence-corrected chi connectivity index (χ0v) is 20.1. The predicted octanol–water partition coefficient (Wildman–Crippen LogP) is 3.46. The lowest BCUT2D eigenvalue weighted by Crippen LogP contribution is -2.44. The van der Waals surface area contributed by atoms with Gasteiger partial charge in [-0.2, -0.15) is 5.10 Å². The minimum absolute atomic E-state index is 0.0672. The first-order valence-corrected chi connectivity index (χ1v) is 13.6. The van der Waals surface area contributed by atoms with Crippen LogP contribution in [0.3, 0.4) is 0 Å². The third-order valence-electron chi connectivity index (χ3n) is 5.79. The molecule has 34 heavy (non-hydrogen) atoms. The number of sulfonamides is 1. The molecule has 9 nitrogen and oxygen atoms in total. The summed E-state index contributed by atoms with van der Waals surface area (Å²) in [7, 11) is -3.22. The van der Waals surface area contributed by atoms with Gasteiger partial charge in [-0.3, -0.25) is 9.89 Å². The van der Waals surface area contributed by atoms with Crippen molar-refractivity contribution >= 4 is 49.5 Å². The first kappa shape index (κ1) is 22.5. The molecule has 1 saturated heterocycles. The standard InChI is InChI=1S/C23H24N6O3S2/c1-34(31,32)28-17-8-10-29(11-9-17)21-5-3-2-4-18(21)25-22(30)20-14-33-23(26-20)15-6-7-16-13-24-27-19(16)12-15/h2-7,12-14,17,28H,8-11H2,1H3,(H,24,27)(H,25,30). The lowest BCUT2D eigenvalue weighted by Gasteiger charge is -2.34. The largest absolute Gasteiger partial charge is 0.370 e. The molecule has 4 aromatic rings. The zero-order chi connectivity index (χ0) is 23.7. The number of fused-ring (bicyclic) bond motifs is 1. The highest BCUT2D eigenvalue weighted by Gasteiger charge is 2.24. The summed E-state index contributed by atoms with van der Waals surface area (Å²) in [6.07, 6.45) is 4.35. The van der Waals surface area contributed by atoms with E-state index in [-0.39, 0.29) is 11.9 Å². The summed E-state index contributed by atoms with van der Waals surface area (Å²) in [5.74, 6) is -0.272. The topological polar surface area (TPSA) is 120 Å². The van der Waals surface area contributed by atoms with Crippen LogP contribution in [0.2, 0.25) is 0 Å². The Labute approximate surface area is 201 Å². The second-order valence-electron chi connectivity index (χ2n) is 8.33. The number of rotatable bonds is 6. The van der Waals surface area contributed by atoms with Crippen LogP contribution in [-0.4, -0.2) is 54.9 Å². The van der Waals surface area contributed by atoms with E-state index in [9.17, 15) is 13.2 Å². The van der Waals surface area contributed by atoms with Crippen molar-refractivity contribution in [1.82, 2.24) is 19.9 Å². The summed E-state index contributed by atoms with van der Waals surface area (Å²) in [5, 5.41) is 13.5. The molecule has 1 aliphatic heterocycles. The molecule has 0 spiro atoms. The van der Waals surface area contributed by atoms with Gasteiger partial charge in [0.25, 0.3) is 5.91 Å². The number of nitrogens with one attached hydrogen (secondary N) is 3. The summed E-state index contributed by atoms with van der Waals surface area (Å²) in [6, 6.07) is 13.5. The maximum atomic E-state index is 13.0. The van der Waals surface area contributed by atoms with Gasteiger partial charge in [-0.25, -0.2) is 18.1 Å². The van der Waals surface area contributed by atoms with Crippen molar-refractivity contribution in [3.05, 3.63) is 59.7 Å². The van der Waals surface area contributed by atoms with Gasteiger partial charge in [0.2, 0.25) is 10.0 Å². The Kier molecular flexibility index (Phi) is 6.07. The maximum absolute atomic E-state index is 13.0. The molecule has 1 amide bonds. The Morgan fingerprint density at radius 2 is 1.97 bits per heavy atom. The average molecular weight is 497 g/mol. The molecule has 0 unspecified atom stereocenters. The van der Waals surface area contributed by atoms with Gasteiger partial charge in [0.05, 0.1) is 29.3 Å². The fourth-order valence-corrected chi connectivity index (χ4v) is 5.80. The first-order valence-electron chi connectivity index (χ1n) is 10.9. The van der Waals surface area contributed by atoms with Crippen LogP contribution in [0.4, 0.5) is 11.4 Å². The summed E-state index contributed by atoms with van der Waals surface area (Å²) in [6.45, 7) is 1.38. The fourth-order valence-electron chi connectivity index (χ4n) is 4.16. The number of hydrogen-bond donors (Lipinski definition) is 3. The first-order chi connectivity index (χ1) is 16.4. The summed E-state index contributed by atoms with van der Waals surface area (Å²) < 4.78 is 25.7. The minimum Gasteiger partial charge on any atom is -0.370 e. The highest BCUT2D eigenvalue weighted by molar-refractivity contribution is 7.88. The Balaban J connectivity index is 1.29. The van der Waals surface area contributed by atoms with Crippen LogP contribution in [0, 0.1) is 0 Å². The van der Waals surface area contributed by atoms with E-state index in [4.69, 9.17) is 0 Å². The SMILES string of the molecule is CS(=O)(=O)NC1CCN(c2ccccc2NC(=O)c2csc(-c3ccc4cn[nH]c4c3)n2)CC1. The van der Waals surface area contributed by atoms with Gasteiger partial charge in [0.15, 0.2) is 0 Å². The van der Waals surface area contributed by atoms with Crippen molar-refractivity contribution in [3.8, 4) is 10.6 Å². The van der Waals surface area contributed by atoms with Gasteiger partial charge >= 0.3 is 0 Å². The molecule has 0 bridgehead atoms. The van der Waals surface area contributed by atoms with E-state index in [0.717, 1.165) is 27.2 Å². The number of piperidine rings is 1. The van der Waals surface area contributed by atoms with Gasteiger partial charge < -0.3 is 10.2 Å². The number of amides is 1. The number of anilines is 2. The highest BCUT2D eigenvalue weighted by Crippen LogP contribution is 2.30. The van der Waals surface area contributed by atoms with Crippen LogP contribution < -0.4 is 14.9 Å². The molecule has 0 radical (unpaired) electrons. The lowest BCUT2D eigenvalue weighted by molar-refractivity contribution is 0.102. The third-order valence-corrected chi connectivity index (χ3v) is 7.45. The van der Waals surface area contributed by atoms with E-state index in [0.29, 0.717) is 37.3 Å². The van der Waals surface area contributed by atoms with Crippen LogP contribution in [0.25, 0.3) is 21.5 Å². The monoisotopic (exact) mass is 496 g/mol. The Morgan fingerprint density at radius 3 is 2.76 bits per heavy atom. The Morgan fingerprint density at radius 1 is 1.18 bits per heavy atom. The van der Waals surface area contributed by atoms with Crippen molar-refractivity contribution < 1.29 is 13.2 Å². The molecule has 1 fully saturated rings. The normalized spacial score (nSPS) is 15.0. The highest BCUT2D eigenvalue weighted by atomic mass is 32.2. The van der Waals surface area contributed by atoms with E-state index in [1.54, 1.807) is 11.6 Å². The molecular weight excluding hydrogens is 472 g/mol. The number of thiazole rings is 1. The van der Waals surface area contributed by atoms with Gasteiger partial charge in [-0.15, -0.1) is 11.3 Å². The smallest absolute Gasteiger partial charge is 0.275 e. The van der Waals surface area contributed by atoms with Crippen LogP contribution in [0.5, 0.6) is 0 Å². The van der Waals surface area contributed by atoms with Crippen LogP contribution >= 0.6 is 11.3 Å². The number of nitrogens with zero attached hydrogens (tertiary/aromatic N) is 3. The molecule has 1 aliphatic rings.